The minimum Gasteiger partial charge on any atom is -0.496 e. The van der Waals surface area contributed by atoms with Crippen molar-refractivity contribution in [1.29, 1.82) is 0 Å². The van der Waals surface area contributed by atoms with Gasteiger partial charge in [0.05, 0.1) is 23.6 Å². The zero-order chi connectivity index (χ0) is 11.0. The molecule has 0 unspecified atom stereocenters. The lowest BCUT2D eigenvalue weighted by molar-refractivity contribution is 0.419. The van der Waals surface area contributed by atoms with Gasteiger partial charge in [0.2, 0.25) is 0 Å². The molecule has 0 aliphatic carbocycles. The molecule has 78 valence electrons. The van der Waals surface area contributed by atoms with Gasteiger partial charge < -0.3 is 4.74 Å². The lowest BCUT2D eigenvalue weighted by Gasteiger charge is -2.07. The Labute approximate surface area is 90.8 Å². The van der Waals surface area contributed by atoms with Gasteiger partial charge in [-0.15, -0.1) is 0 Å². The van der Waals surface area contributed by atoms with Gasteiger partial charge in [0, 0.05) is 5.02 Å². The molecule has 1 heterocycles. The van der Waals surface area contributed by atoms with Crippen LogP contribution in [-0.4, -0.2) is 17.3 Å². The zero-order valence-electron chi connectivity index (χ0n) is 8.30. The molecule has 0 aliphatic heterocycles. The highest BCUT2D eigenvalue weighted by molar-refractivity contribution is 6.31. The molecule has 0 amide bonds. The van der Waals surface area contributed by atoms with Crippen LogP contribution < -0.4 is 10.3 Å². The predicted octanol–water partition coefficient (Wildman–Crippen LogP) is 1.89. The predicted molar refractivity (Wildman–Crippen MR) is 58.7 cm³/mol. The highest BCUT2D eigenvalue weighted by atomic mass is 35.5. The Hall–Kier alpha value is -1.55. The first-order chi connectivity index (χ1) is 7.13. The lowest BCUT2D eigenvalue weighted by atomic mass is 10.1. The summed E-state index contributed by atoms with van der Waals surface area (Å²) in [6.45, 7) is 1.80. The summed E-state index contributed by atoms with van der Waals surface area (Å²) in [6.07, 6.45) is 0. The largest absolute Gasteiger partial charge is 0.496 e. The Morgan fingerprint density at radius 1 is 1.47 bits per heavy atom. The quantitative estimate of drug-likeness (QED) is 0.805. The van der Waals surface area contributed by atoms with Crippen molar-refractivity contribution in [2.24, 2.45) is 0 Å². The van der Waals surface area contributed by atoms with E-state index in [-0.39, 0.29) is 5.56 Å². The number of halogens is 1. The van der Waals surface area contributed by atoms with Crippen LogP contribution in [0.15, 0.2) is 16.9 Å². The Kier molecular flexibility index (Phi) is 2.36. The van der Waals surface area contributed by atoms with Gasteiger partial charge in [-0.05, 0) is 19.1 Å². The van der Waals surface area contributed by atoms with Crippen LogP contribution >= 0.6 is 11.6 Å². The van der Waals surface area contributed by atoms with Crippen LogP contribution in [-0.2, 0) is 0 Å². The van der Waals surface area contributed by atoms with Crippen molar-refractivity contribution in [3.8, 4) is 5.75 Å². The van der Waals surface area contributed by atoms with Crippen LogP contribution in [0.5, 0.6) is 5.75 Å². The summed E-state index contributed by atoms with van der Waals surface area (Å²) in [5.74, 6) is 0.564. The molecule has 0 radical (unpaired) electrons. The molecule has 2 rings (SSSR count). The van der Waals surface area contributed by atoms with Crippen molar-refractivity contribution < 1.29 is 4.74 Å². The summed E-state index contributed by atoms with van der Waals surface area (Å²) >= 11 is 5.87. The third kappa shape index (κ3) is 1.57. The molecule has 0 fully saturated rings. The Morgan fingerprint density at radius 2 is 2.20 bits per heavy atom. The Balaban J connectivity index is 3.02. The number of rotatable bonds is 1. The summed E-state index contributed by atoms with van der Waals surface area (Å²) in [6, 6.07) is 3.27. The number of benzene rings is 1. The van der Waals surface area contributed by atoms with Crippen LogP contribution in [0.3, 0.4) is 0 Å². The number of fused-ring (bicyclic) bond motifs is 1. The van der Waals surface area contributed by atoms with E-state index in [0.29, 0.717) is 27.2 Å². The standard InChI is InChI=1S/C10H9ClN2O2/c1-5-9-7(10(14)13-12-5)3-6(11)4-8(9)15-2/h3-4H,1-2H3,(H,13,14). The zero-order valence-corrected chi connectivity index (χ0v) is 9.05. The van der Waals surface area contributed by atoms with Crippen molar-refractivity contribution in [3.05, 3.63) is 33.2 Å². The molecule has 0 aliphatic rings. The van der Waals surface area contributed by atoms with Crippen molar-refractivity contribution in [3.63, 3.8) is 0 Å². The van der Waals surface area contributed by atoms with E-state index < -0.39 is 0 Å². The number of aromatic amines is 1. The molecule has 0 saturated carbocycles. The van der Waals surface area contributed by atoms with Gasteiger partial charge in [-0.1, -0.05) is 11.6 Å². The number of hydrogen-bond donors (Lipinski definition) is 1. The lowest BCUT2D eigenvalue weighted by Crippen LogP contribution is -2.10. The second kappa shape index (κ2) is 3.55. The van der Waals surface area contributed by atoms with Crippen LogP contribution in [0.2, 0.25) is 5.02 Å². The molecular formula is C10H9ClN2O2. The van der Waals surface area contributed by atoms with E-state index in [4.69, 9.17) is 16.3 Å². The van der Waals surface area contributed by atoms with Crippen molar-refractivity contribution in [2.75, 3.05) is 7.11 Å². The molecule has 4 nitrogen and oxygen atoms in total. The van der Waals surface area contributed by atoms with Crippen LogP contribution in [0.25, 0.3) is 10.8 Å². The number of nitrogens with one attached hydrogen (secondary N) is 1. The summed E-state index contributed by atoms with van der Waals surface area (Å²) in [5, 5.41) is 7.95. The third-order valence-electron chi connectivity index (χ3n) is 2.22. The molecule has 1 N–H and O–H groups in total. The van der Waals surface area contributed by atoms with Gasteiger partial charge in [-0.3, -0.25) is 4.79 Å². The van der Waals surface area contributed by atoms with Crippen molar-refractivity contribution >= 4 is 22.4 Å². The fourth-order valence-electron chi connectivity index (χ4n) is 1.55. The minimum absolute atomic E-state index is 0.267. The smallest absolute Gasteiger partial charge is 0.272 e. The maximum atomic E-state index is 11.5. The van der Waals surface area contributed by atoms with E-state index in [9.17, 15) is 4.79 Å². The van der Waals surface area contributed by atoms with Gasteiger partial charge in [0.25, 0.3) is 5.56 Å². The molecule has 5 heteroatoms. The molecule has 0 spiro atoms. The molecule has 1 aromatic carbocycles. The van der Waals surface area contributed by atoms with E-state index in [1.165, 1.54) is 7.11 Å². The maximum absolute atomic E-state index is 11.5. The first-order valence-electron chi connectivity index (χ1n) is 4.36. The van der Waals surface area contributed by atoms with Gasteiger partial charge in [-0.2, -0.15) is 5.10 Å². The highest BCUT2D eigenvalue weighted by Crippen LogP contribution is 2.28. The monoisotopic (exact) mass is 224 g/mol. The number of H-pyrrole nitrogens is 1. The van der Waals surface area contributed by atoms with Gasteiger partial charge >= 0.3 is 0 Å². The van der Waals surface area contributed by atoms with Crippen LogP contribution in [0, 0.1) is 6.92 Å². The molecule has 0 saturated heterocycles. The Morgan fingerprint density at radius 3 is 2.87 bits per heavy atom. The topological polar surface area (TPSA) is 55.0 Å². The molecule has 2 aromatic rings. The molecule has 15 heavy (non-hydrogen) atoms. The molecule has 0 atom stereocenters. The van der Waals surface area contributed by atoms with Gasteiger partial charge in [0.15, 0.2) is 0 Å². The second-order valence-corrected chi connectivity index (χ2v) is 3.61. The van der Waals surface area contributed by atoms with E-state index in [0.717, 1.165) is 0 Å². The van der Waals surface area contributed by atoms with Gasteiger partial charge in [-0.25, -0.2) is 5.10 Å². The fourth-order valence-corrected chi connectivity index (χ4v) is 1.75. The number of hydrogen-bond acceptors (Lipinski definition) is 3. The Bertz CT molecular complexity index is 577. The van der Waals surface area contributed by atoms with Crippen molar-refractivity contribution in [1.82, 2.24) is 10.2 Å². The summed E-state index contributed by atoms with van der Waals surface area (Å²) in [5.41, 5.74) is 0.439. The van der Waals surface area contributed by atoms with Crippen molar-refractivity contribution in [2.45, 2.75) is 6.92 Å². The number of nitrogens with zero attached hydrogens (tertiary/aromatic N) is 1. The average molecular weight is 225 g/mol. The van der Waals surface area contributed by atoms with E-state index in [1.54, 1.807) is 19.1 Å². The van der Waals surface area contributed by atoms with E-state index >= 15 is 0 Å². The summed E-state index contributed by atoms with van der Waals surface area (Å²) in [7, 11) is 1.53. The van der Waals surface area contributed by atoms with E-state index in [2.05, 4.69) is 10.2 Å². The maximum Gasteiger partial charge on any atom is 0.272 e. The van der Waals surface area contributed by atoms with E-state index in [1.807, 2.05) is 0 Å². The molecule has 1 aromatic heterocycles. The SMILES string of the molecule is COc1cc(Cl)cc2c(=O)[nH]nc(C)c12. The third-order valence-corrected chi connectivity index (χ3v) is 2.44. The number of methoxy groups -OCH3 is 1. The van der Waals surface area contributed by atoms with Gasteiger partial charge in [0.1, 0.15) is 5.75 Å². The normalized spacial score (nSPS) is 10.6. The molecular weight excluding hydrogens is 216 g/mol. The fraction of sp³-hybridized carbons (Fsp3) is 0.200. The number of ether oxygens (including phenoxy) is 1. The number of aryl methyl sites for hydroxylation is 1. The average Bonchev–Trinajstić information content (AvgIpc) is 2.22. The summed E-state index contributed by atoms with van der Waals surface area (Å²) < 4.78 is 5.17. The first kappa shape index (κ1) is 9.98. The second-order valence-electron chi connectivity index (χ2n) is 3.17. The first-order valence-corrected chi connectivity index (χ1v) is 4.74. The highest BCUT2D eigenvalue weighted by Gasteiger charge is 2.10. The van der Waals surface area contributed by atoms with Crippen LogP contribution in [0.1, 0.15) is 5.69 Å². The summed E-state index contributed by atoms with van der Waals surface area (Å²) in [4.78, 5) is 11.5. The minimum atomic E-state index is -0.267. The van der Waals surface area contributed by atoms with Crippen LogP contribution in [0.4, 0.5) is 0 Å². The number of aromatic nitrogens is 2. The molecule has 0 bridgehead atoms.